The van der Waals surface area contributed by atoms with Crippen molar-refractivity contribution >= 4 is 11.4 Å². The highest BCUT2D eigenvalue weighted by Gasteiger charge is 2.24. The molecule has 1 fully saturated rings. The molecule has 3 heteroatoms. The number of rotatable bonds is 1. The van der Waals surface area contributed by atoms with Crippen LogP contribution < -0.4 is 10.6 Å². The topological polar surface area (TPSA) is 49.5 Å². The minimum atomic E-state index is -0.217. The lowest BCUT2D eigenvalue weighted by Crippen LogP contribution is -2.43. The molecule has 0 bridgehead atoms. The van der Waals surface area contributed by atoms with Gasteiger partial charge in [-0.15, -0.1) is 0 Å². The molecule has 1 aliphatic rings. The van der Waals surface area contributed by atoms with Crippen molar-refractivity contribution in [1.29, 1.82) is 0 Å². The summed E-state index contributed by atoms with van der Waals surface area (Å²) >= 11 is 0. The van der Waals surface area contributed by atoms with Crippen molar-refractivity contribution in [3.8, 4) is 0 Å². The summed E-state index contributed by atoms with van der Waals surface area (Å²) in [6, 6.07) is 5.96. The molecule has 1 heterocycles. The summed E-state index contributed by atoms with van der Waals surface area (Å²) in [7, 11) is 0. The Labute approximate surface area is 96.9 Å². The predicted octanol–water partition coefficient (Wildman–Crippen LogP) is 1.78. The summed E-state index contributed by atoms with van der Waals surface area (Å²) in [4.78, 5) is 2.25. The maximum Gasteiger partial charge on any atom is 0.0741 e. The summed E-state index contributed by atoms with van der Waals surface area (Å²) in [6.45, 7) is 5.92. The Morgan fingerprint density at radius 3 is 2.81 bits per heavy atom. The summed E-state index contributed by atoms with van der Waals surface area (Å²) in [5.41, 5.74) is 8.91. The minimum Gasteiger partial charge on any atom is -0.399 e. The summed E-state index contributed by atoms with van der Waals surface area (Å²) in [6.07, 6.45) is 0.830. The first-order chi connectivity index (χ1) is 7.58. The van der Waals surface area contributed by atoms with Gasteiger partial charge in [0.15, 0.2) is 0 Å². The zero-order valence-electron chi connectivity index (χ0n) is 9.98. The molecule has 1 aromatic rings. The van der Waals surface area contributed by atoms with Crippen LogP contribution in [0.25, 0.3) is 0 Å². The van der Waals surface area contributed by atoms with E-state index >= 15 is 0 Å². The number of aliphatic hydroxyl groups is 1. The van der Waals surface area contributed by atoms with Gasteiger partial charge < -0.3 is 15.7 Å². The molecule has 0 radical (unpaired) electrons. The Morgan fingerprint density at radius 2 is 2.19 bits per heavy atom. The van der Waals surface area contributed by atoms with Crippen LogP contribution in [-0.2, 0) is 0 Å². The summed E-state index contributed by atoms with van der Waals surface area (Å²) < 4.78 is 0. The van der Waals surface area contributed by atoms with Gasteiger partial charge in [-0.1, -0.05) is 6.92 Å². The second kappa shape index (κ2) is 4.34. The third kappa shape index (κ3) is 2.14. The predicted molar refractivity (Wildman–Crippen MR) is 67.6 cm³/mol. The van der Waals surface area contributed by atoms with Crippen LogP contribution in [-0.4, -0.2) is 24.3 Å². The number of hydrogen-bond donors (Lipinski definition) is 2. The molecule has 1 saturated heterocycles. The molecule has 88 valence electrons. The largest absolute Gasteiger partial charge is 0.399 e. The van der Waals surface area contributed by atoms with E-state index in [1.165, 1.54) is 11.3 Å². The van der Waals surface area contributed by atoms with E-state index in [1.807, 2.05) is 18.2 Å². The number of hydrogen-bond acceptors (Lipinski definition) is 3. The summed E-state index contributed by atoms with van der Waals surface area (Å²) in [5, 5.41) is 9.89. The zero-order chi connectivity index (χ0) is 11.7. The van der Waals surface area contributed by atoms with Crippen molar-refractivity contribution in [3.63, 3.8) is 0 Å². The maximum absolute atomic E-state index is 9.89. The number of aliphatic hydroxyl groups excluding tert-OH is 1. The number of nitrogens with zero attached hydrogens (tertiary/aromatic N) is 1. The van der Waals surface area contributed by atoms with Gasteiger partial charge in [0.05, 0.1) is 6.10 Å². The number of nitrogens with two attached hydrogens (primary N) is 1. The molecule has 0 saturated carbocycles. The fourth-order valence-electron chi connectivity index (χ4n) is 2.30. The van der Waals surface area contributed by atoms with Crippen molar-refractivity contribution in [2.45, 2.75) is 26.4 Å². The normalized spacial score (nSPS) is 25.8. The molecule has 2 rings (SSSR count). The number of nitrogen functional groups attached to an aromatic ring is 1. The highest BCUT2D eigenvalue weighted by molar-refractivity contribution is 5.59. The van der Waals surface area contributed by atoms with E-state index in [0.717, 1.165) is 25.2 Å². The van der Waals surface area contributed by atoms with Crippen LogP contribution in [0.15, 0.2) is 18.2 Å². The lowest BCUT2D eigenvalue weighted by molar-refractivity contribution is 0.103. The molecular weight excluding hydrogens is 200 g/mol. The molecule has 0 amide bonds. The van der Waals surface area contributed by atoms with Gasteiger partial charge >= 0.3 is 0 Å². The van der Waals surface area contributed by atoms with Gasteiger partial charge in [-0.3, -0.25) is 0 Å². The Bertz CT molecular complexity index is 378. The van der Waals surface area contributed by atoms with Crippen molar-refractivity contribution in [2.75, 3.05) is 23.7 Å². The van der Waals surface area contributed by atoms with Crippen molar-refractivity contribution < 1.29 is 5.11 Å². The molecular formula is C13H20N2O. The van der Waals surface area contributed by atoms with Crippen LogP contribution in [0.5, 0.6) is 0 Å². The third-order valence-corrected chi connectivity index (χ3v) is 3.48. The van der Waals surface area contributed by atoms with Gasteiger partial charge in [0.1, 0.15) is 0 Å². The van der Waals surface area contributed by atoms with Gasteiger partial charge in [0, 0.05) is 24.5 Å². The first-order valence-electron chi connectivity index (χ1n) is 5.87. The van der Waals surface area contributed by atoms with Gasteiger partial charge in [0.2, 0.25) is 0 Å². The first-order valence-corrected chi connectivity index (χ1v) is 5.87. The fourth-order valence-corrected chi connectivity index (χ4v) is 2.30. The number of aryl methyl sites for hydroxylation is 1. The number of benzene rings is 1. The maximum atomic E-state index is 9.89. The SMILES string of the molecule is Cc1cc(N)ccc1N1CCC(C)C(O)C1. The highest BCUT2D eigenvalue weighted by atomic mass is 16.3. The van der Waals surface area contributed by atoms with Gasteiger partial charge in [-0.25, -0.2) is 0 Å². The summed E-state index contributed by atoms with van der Waals surface area (Å²) in [5.74, 6) is 0.408. The quantitative estimate of drug-likeness (QED) is 0.709. The van der Waals surface area contributed by atoms with Crippen LogP contribution in [0, 0.1) is 12.8 Å². The Kier molecular flexibility index (Phi) is 3.06. The molecule has 3 N–H and O–H groups in total. The molecule has 0 spiro atoms. The van der Waals surface area contributed by atoms with E-state index in [0.29, 0.717) is 5.92 Å². The monoisotopic (exact) mass is 220 g/mol. The van der Waals surface area contributed by atoms with E-state index in [4.69, 9.17) is 5.73 Å². The van der Waals surface area contributed by atoms with E-state index in [-0.39, 0.29) is 6.10 Å². The molecule has 0 aromatic heterocycles. The fraction of sp³-hybridized carbons (Fsp3) is 0.538. The van der Waals surface area contributed by atoms with Crippen LogP contribution >= 0.6 is 0 Å². The van der Waals surface area contributed by atoms with Gasteiger partial charge in [-0.2, -0.15) is 0 Å². The zero-order valence-corrected chi connectivity index (χ0v) is 9.98. The third-order valence-electron chi connectivity index (χ3n) is 3.48. The highest BCUT2D eigenvalue weighted by Crippen LogP contribution is 2.27. The molecule has 3 nitrogen and oxygen atoms in total. The first kappa shape index (κ1) is 11.3. The van der Waals surface area contributed by atoms with Crippen LogP contribution in [0.3, 0.4) is 0 Å². The molecule has 0 aliphatic carbocycles. The van der Waals surface area contributed by atoms with E-state index in [1.54, 1.807) is 0 Å². The van der Waals surface area contributed by atoms with Crippen LogP contribution in [0.4, 0.5) is 11.4 Å². The smallest absolute Gasteiger partial charge is 0.0741 e. The average molecular weight is 220 g/mol. The van der Waals surface area contributed by atoms with Crippen molar-refractivity contribution in [2.24, 2.45) is 5.92 Å². The molecule has 1 aromatic carbocycles. The van der Waals surface area contributed by atoms with E-state index < -0.39 is 0 Å². The average Bonchev–Trinajstić information content (AvgIpc) is 2.22. The molecule has 2 atom stereocenters. The lowest BCUT2D eigenvalue weighted by Gasteiger charge is -2.36. The number of anilines is 2. The Balaban J connectivity index is 2.18. The minimum absolute atomic E-state index is 0.217. The number of piperidine rings is 1. The molecule has 1 aliphatic heterocycles. The Morgan fingerprint density at radius 1 is 1.44 bits per heavy atom. The van der Waals surface area contributed by atoms with Crippen LogP contribution in [0.1, 0.15) is 18.9 Å². The van der Waals surface area contributed by atoms with Gasteiger partial charge in [-0.05, 0) is 43.0 Å². The van der Waals surface area contributed by atoms with Crippen molar-refractivity contribution in [3.05, 3.63) is 23.8 Å². The van der Waals surface area contributed by atoms with Gasteiger partial charge in [0.25, 0.3) is 0 Å². The van der Waals surface area contributed by atoms with Crippen molar-refractivity contribution in [1.82, 2.24) is 0 Å². The number of β-amino-alcohol motifs (C(OH)–C–C–N with tert-alkyl or cyclic N) is 1. The van der Waals surface area contributed by atoms with E-state index in [2.05, 4.69) is 18.7 Å². The van der Waals surface area contributed by atoms with E-state index in [9.17, 15) is 5.11 Å². The Hall–Kier alpha value is -1.22. The second-order valence-electron chi connectivity index (χ2n) is 4.83. The second-order valence-corrected chi connectivity index (χ2v) is 4.83. The molecule has 2 unspecified atom stereocenters. The molecule has 16 heavy (non-hydrogen) atoms. The van der Waals surface area contributed by atoms with Crippen LogP contribution in [0.2, 0.25) is 0 Å². The standard InChI is InChI=1S/C13H20N2O/c1-9-5-6-15(8-13(9)16)12-4-3-11(14)7-10(12)2/h3-4,7,9,13,16H,5-6,8,14H2,1-2H3. The lowest BCUT2D eigenvalue weighted by atomic mass is 9.95.